The van der Waals surface area contributed by atoms with Crippen LogP contribution in [0.15, 0.2) is 53.5 Å². The van der Waals surface area contributed by atoms with Gasteiger partial charge in [-0.05, 0) is 42.8 Å². The highest BCUT2D eigenvalue weighted by molar-refractivity contribution is 8.17. The van der Waals surface area contributed by atoms with Gasteiger partial charge in [-0.2, -0.15) is 4.99 Å². The van der Waals surface area contributed by atoms with Crippen LogP contribution in [0.2, 0.25) is 0 Å². The lowest BCUT2D eigenvalue weighted by molar-refractivity contribution is 0.311. The summed E-state index contributed by atoms with van der Waals surface area (Å²) in [6.45, 7) is 3.50. The van der Waals surface area contributed by atoms with E-state index in [-0.39, 0.29) is 10.9 Å². The van der Waals surface area contributed by atoms with E-state index in [0.717, 1.165) is 31.7 Å². The maximum Gasteiger partial charge on any atom is 0.199 e. The molecule has 0 saturated carbocycles. The topological polar surface area (TPSA) is 56.9 Å². The first kappa shape index (κ1) is 22.0. The standard InChI is InChI=1S/C20H25FN5PS2/c1-25-9-11-26(12-10-25)18-8-7-15(13-17(18)21)23-20(28)24-19(22)29-14-27-16-5-3-2-4-6-16/h2-8,13,27H,9-12,14H2,1H3,(H3,22,23,24,28). The number of thioether (sulfide) groups is 1. The van der Waals surface area contributed by atoms with Crippen LogP contribution in [0, 0.1) is 5.82 Å². The van der Waals surface area contributed by atoms with Gasteiger partial charge in [0.2, 0.25) is 0 Å². The van der Waals surface area contributed by atoms with Gasteiger partial charge in [-0.25, -0.2) is 4.39 Å². The minimum absolute atomic E-state index is 0.227. The summed E-state index contributed by atoms with van der Waals surface area (Å²) in [5, 5.41) is 4.86. The first-order valence-corrected chi connectivity index (χ1v) is 11.9. The van der Waals surface area contributed by atoms with Gasteiger partial charge < -0.3 is 20.9 Å². The van der Waals surface area contributed by atoms with Gasteiger partial charge in [-0.1, -0.05) is 50.7 Å². The molecular formula is C20H25FN5PS2. The van der Waals surface area contributed by atoms with Crippen molar-refractivity contribution >= 4 is 59.5 Å². The highest BCUT2D eigenvalue weighted by Gasteiger charge is 2.17. The lowest BCUT2D eigenvalue weighted by Crippen LogP contribution is -2.44. The summed E-state index contributed by atoms with van der Waals surface area (Å²) in [4.78, 5) is 8.50. The Labute approximate surface area is 182 Å². The van der Waals surface area contributed by atoms with Crippen LogP contribution in [0.4, 0.5) is 15.8 Å². The molecule has 0 spiro atoms. The van der Waals surface area contributed by atoms with Crippen LogP contribution in [-0.2, 0) is 0 Å². The van der Waals surface area contributed by atoms with Crippen molar-refractivity contribution in [1.29, 1.82) is 0 Å². The minimum atomic E-state index is -0.266. The largest absolute Gasteiger partial charge is 0.378 e. The van der Waals surface area contributed by atoms with Gasteiger partial charge in [0, 0.05) is 37.4 Å². The summed E-state index contributed by atoms with van der Waals surface area (Å²) in [6, 6.07) is 15.3. The summed E-state index contributed by atoms with van der Waals surface area (Å²) >= 11 is 6.70. The van der Waals surface area contributed by atoms with E-state index in [2.05, 4.69) is 39.3 Å². The molecule has 2 aromatic rings. The number of hydrogen-bond donors (Lipinski definition) is 2. The van der Waals surface area contributed by atoms with Gasteiger partial charge in [-0.3, -0.25) is 0 Å². The van der Waals surface area contributed by atoms with Gasteiger partial charge >= 0.3 is 0 Å². The Balaban J connectivity index is 1.50. The van der Waals surface area contributed by atoms with E-state index in [1.54, 1.807) is 6.07 Å². The number of anilines is 2. The van der Waals surface area contributed by atoms with Gasteiger partial charge in [0.25, 0.3) is 0 Å². The van der Waals surface area contributed by atoms with Crippen LogP contribution in [0.3, 0.4) is 0 Å². The van der Waals surface area contributed by atoms with E-state index >= 15 is 0 Å². The molecule has 0 radical (unpaired) electrons. The quantitative estimate of drug-likeness (QED) is 0.316. The Bertz CT molecular complexity index is 857. The molecule has 3 N–H and O–H groups in total. The minimum Gasteiger partial charge on any atom is -0.378 e. The Hall–Kier alpha value is -1.73. The second kappa shape index (κ2) is 10.9. The molecule has 0 aliphatic carbocycles. The van der Waals surface area contributed by atoms with Crippen LogP contribution < -0.4 is 21.3 Å². The first-order valence-electron chi connectivity index (χ1n) is 9.31. The molecule has 1 unspecified atom stereocenters. The van der Waals surface area contributed by atoms with E-state index < -0.39 is 0 Å². The maximum absolute atomic E-state index is 14.6. The molecule has 1 saturated heterocycles. The molecule has 0 amide bonds. The summed E-state index contributed by atoms with van der Waals surface area (Å²) in [6.07, 6.45) is 0. The lowest BCUT2D eigenvalue weighted by Gasteiger charge is -2.34. The van der Waals surface area contributed by atoms with Crippen LogP contribution in [0.1, 0.15) is 0 Å². The van der Waals surface area contributed by atoms with E-state index in [0.29, 0.717) is 25.1 Å². The van der Waals surface area contributed by atoms with Crippen molar-refractivity contribution in [2.24, 2.45) is 10.7 Å². The molecule has 0 aromatic heterocycles. The van der Waals surface area contributed by atoms with Crippen molar-refractivity contribution in [3.63, 3.8) is 0 Å². The number of rotatable bonds is 5. The van der Waals surface area contributed by atoms with Gasteiger partial charge in [0.15, 0.2) is 10.3 Å². The predicted octanol–water partition coefficient (Wildman–Crippen LogP) is 3.28. The molecular weight excluding hydrogens is 424 g/mol. The normalized spacial score (nSPS) is 15.8. The van der Waals surface area contributed by atoms with Crippen molar-refractivity contribution in [1.82, 2.24) is 4.90 Å². The molecule has 9 heteroatoms. The zero-order valence-corrected chi connectivity index (χ0v) is 18.9. The molecule has 1 atom stereocenters. The number of nitrogens with one attached hydrogen (secondary N) is 1. The third-order valence-electron chi connectivity index (χ3n) is 4.52. The number of nitrogens with zero attached hydrogens (tertiary/aromatic N) is 3. The molecule has 29 heavy (non-hydrogen) atoms. The molecule has 1 fully saturated rings. The molecule has 2 aromatic carbocycles. The molecule has 1 heterocycles. The van der Waals surface area contributed by atoms with Crippen molar-refractivity contribution < 1.29 is 4.39 Å². The Morgan fingerprint density at radius 2 is 1.93 bits per heavy atom. The van der Waals surface area contributed by atoms with Crippen LogP contribution in [0.25, 0.3) is 0 Å². The number of thiocarbonyl (C=S) groups is 1. The van der Waals surface area contributed by atoms with Gasteiger partial charge in [0.1, 0.15) is 5.82 Å². The zero-order valence-electron chi connectivity index (χ0n) is 16.3. The number of hydrogen-bond acceptors (Lipinski definition) is 4. The third kappa shape index (κ3) is 6.93. The van der Waals surface area contributed by atoms with Gasteiger partial charge in [0.05, 0.1) is 5.69 Å². The lowest BCUT2D eigenvalue weighted by atomic mass is 10.2. The van der Waals surface area contributed by atoms with Crippen molar-refractivity contribution in [2.75, 3.05) is 48.9 Å². The fraction of sp³-hybridized carbons (Fsp3) is 0.300. The summed E-state index contributed by atoms with van der Waals surface area (Å²) < 4.78 is 14.6. The smallest absolute Gasteiger partial charge is 0.199 e. The van der Waals surface area contributed by atoms with Gasteiger partial charge in [-0.15, -0.1) is 0 Å². The Morgan fingerprint density at radius 1 is 1.21 bits per heavy atom. The second-order valence-electron chi connectivity index (χ2n) is 6.67. The van der Waals surface area contributed by atoms with Crippen LogP contribution >= 0.6 is 32.6 Å². The highest BCUT2D eigenvalue weighted by atomic mass is 32.2. The zero-order chi connectivity index (χ0) is 20.6. The molecule has 1 aliphatic rings. The van der Waals surface area contributed by atoms with Crippen LogP contribution in [-0.4, -0.2) is 53.9 Å². The fourth-order valence-electron chi connectivity index (χ4n) is 2.92. The number of aliphatic imine (C=N–C) groups is 1. The van der Waals surface area contributed by atoms with Crippen molar-refractivity contribution in [3.8, 4) is 0 Å². The summed E-state index contributed by atoms with van der Waals surface area (Å²) in [5.41, 5.74) is 7.99. The number of nitrogens with two attached hydrogens (primary N) is 1. The monoisotopic (exact) mass is 449 g/mol. The first-order chi connectivity index (χ1) is 14.0. The molecule has 1 aliphatic heterocycles. The Kier molecular flexibility index (Phi) is 8.24. The summed E-state index contributed by atoms with van der Waals surface area (Å²) in [7, 11) is 2.72. The molecule has 3 rings (SSSR count). The number of halogens is 1. The maximum atomic E-state index is 14.6. The molecule has 5 nitrogen and oxygen atoms in total. The average Bonchev–Trinajstić information content (AvgIpc) is 2.70. The van der Waals surface area contributed by atoms with Crippen molar-refractivity contribution in [2.45, 2.75) is 0 Å². The van der Waals surface area contributed by atoms with E-state index in [4.69, 9.17) is 18.0 Å². The van der Waals surface area contributed by atoms with E-state index in [9.17, 15) is 4.39 Å². The number of amidine groups is 1. The fourth-order valence-corrected chi connectivity index (χ4v) is 5.33. The van der Waals surface area contributed by atoms with Crippen molar-refractivity contribution in [3.05, 3.63) is 54.3 Å². The average molecular weight is 450 g/mol. The number of likely N-dealkylation sites (N-methyl/N-ethyl adjacent to an activating group) is 1. The van der Waals surface area contributed by atoms with E-state index in [1.807, 2.05) is 24.3 Å². The predicted molar refractivity (Wildman–Crippen MR) is 131 cm³/mol. The van der Waals surface area contributed by atoms with Crippen LogP contribution in [0.5, 0.6) is 0 Å². The number of piperazine rings is 1. The Morgan fingerprint density at radius 3 is 2.62 bits per heavy atom. The molecule has 154 valence electrons. The second-order valence-corrected chi connectivity index (χ2v) is 9.85. The third-order valence-corrected chi connectivity index (χ3v) is 7.00. The summed E-state index contributed by atoms with van der Waals surface area (Å²) in [5.74, 6) is -0.266. The van der Waals surface area contributed by atoms with E-state index in [1.165, 1.54) is 23.1 Å². The number of benzene rings is 2. The molecule has 0 bridgehead atoms. The SMILES string of the molecule is CN1CCN(c2ccc(NC(=S)/N=C(\N)SCPc3ccccc3)cc2F)CC1. The highest BCUT2D eigenvalue weighted by Crippen LogP contribution is 2.24.